The van der Waals surface area contributed by atoms with Gasteiger partial charge >= 0.3 is 0 Å². The third-order valence-corrected chi connectivity index (χ3v) is 3.00. The molecule has 1 saturated heterocycles. The lowest BCUT2D eigenvalue weighted by molar-refractivity contribution is -0.386. The van der Waals surface area contributed by atoms with Gasteiger partial charge in [-0.2, -0.15) is 0 Å². The van der Waals surface area contributed by atoms with Crippen LogP contribution in [0.25, 0.3) is 0 Å². The quantitative estimate of drug-likeness (QED) is 0.639. The molecule has 2 rings (SSSR count). The van der Waals surface area contributed by atoms with Crippen LogP contribution in [0.3, 0.4) is 0 Å². The van der Waals surface area contributed by atoms with Crippen molar-refractivity contribution >= 4 is 5.69 Å². The van der Waals surface area contributed by atoms with E-state index in [9.17, 15) is 18.9 Å². The summed E-state index contributed by atoms with van der Waals surface area (Å²) in [4.78, 5) is 10.2. The van der Waals surface area contributed by atoms with E-state index in [0.29, 0.717) is 12.6 Å². The van der Waals surface area contributed by atoms with Crippen molar-refractivity contribution in [1.82, 2.24) is 5.32 Å². The molecule has 0 aromatic heterocycles. The standard InChI is InChI=1S/C11H12F2N2O2/c12-9-4-8(7-2-1-3-14-6-7)11(15(16)17)5-10(9)13/h4-5,7,14H,1-3,6H2. The molecule has 0 bridgehead atoms. The Morgan fingerprint density at radius 3 is 2.65 bits per heavy atom. The number of benzene rings is 1. The van der Waals surface area contributed by atoms with Gasteiger partial charge in [-0.05, 0) is 25.5 Å². The molecule has 1 unspecified atom stereocenters. The minimum atomic E-state index is -1.18. The van der Waals surface area contributed by atoms with Crippen LogP contribution in [-0.2, 0) is 0 Å². The van der Waals surface area contributed by atoms with Crippen LogP contribution in [0, 0.1) is 21.7 Å². The lowest BCUT2D eigenvalue weighted by atomic mass is 9.90. The lowest BCUT2D eigenvalue weighted by Gasteiger charge is -2.22. The second-order valence-electron chi connectivity index (χ2n) is 4.13. The molecule has 1 aromatic rings. The molecule has 92 valence electrons. The molecule has 0 spiro atoms. The van der Waals surface area contributed by atoms with Crippen LogP contribution in [0.15, 0.2) is 12.1 Å². The molecular weight excluding hydrogens is 230 g/mol. The molecule has 1 aliphatic rings. The van der Waals surface area contributed by atoms with Crippen LogP contribution in [0.4, 0.5) is 14.5 Å². The summed E-state index contributed by atoms with van der Waals surface area (Å²) in [6, 6.07) is 1.62. The van der Waals surface area contributed by atoms with Crippen molar-refractivity contribution in [3.63, 3.8) is 0 Å². The number of nitro groups is 1. The van der Waals surface area contributed by atoms with Crippen molar-refractivity contribution in [2.75, 3.05) is 13.1 Å². The molecule has 0 amide bonds. The van der Waals surface area contributed by atoms with E-state index < -0.39 is 16.6 Å². The highest BCUT2D eigenvalue weighted by Crippen LogP contribution is 2.32. The summed E-state index contributed by atoms with van der Waals surface area (Å²) in [6.45, 7) is 1.42. The van der Waals surface area contributed by atoms with E-state index in [1.165, 1.54) is 0 Å². The molecule has 1 N–H and O–H groups in total. The van der Waals surface area contributed by atoms with Crippen molar-refractivity contribution in [3.05, 3.63) is 39.4 Å². The highest BCUT2D eigenvalue weighted by molar-refractivity contribution is 5.43. The number of hydrogen-bond acceptors (Lipinski definition) is 3. The van der Waals surface area contributed by atoms with Crippen LogP contribution in [0.2, 0.25) is 0 Å². The van der Waals surface area contributed by atoms with Crippen LogP contribution >= 0.6 is 0 Å². The summed E-state index contributed by atoms with van der Waals surface area (Å²) in [7, 11) is 0. The molecule has 1 atom stereocenters. The fourth-order valence-corrected chi connectivity index (χ4v) is 2.15. The zero-order chi connectivity index (χ0) is 12.4. The van der Waals surface area contributed by atoms with Gasteiger partial charge in [0, 0.05) is 18.0 Å². The largest absolute Gasteiger partial charge is 0.316 e. The minimum Gasteiger partial charge on any atom is -0.316 e. The van der Waals surface area contributed by atoms with Crippen molar-refractivity contribution in [3.8, 4) is 0 Å². The van der Waals surface area contributed by atoms with E-state index in [2.05, 4.69) is 5.32 Å². The van der Waals surface area contributed by atoms with Crippen LogP contribution < -0.4 is 5.32 Å². The third kappa shape index (κ3) is 2.41. The van der Waals surface area contributed by atoms with E-state index in [1.807, 2.05) is 0 Å². The van der Waals surface area contributed by atoms with Crippen LogP contribution in [0.1, 0.15) is 24.3 Å². The lowest BCUT2D eigenvalue weighted by Crippen LogP contribution is -2.28. The summed E-state index contributed by atoms with van der Waals surface area (Å²) in [5.41, 5.74) is -0.0568. The van der Waals surface area contributed by atoms with Gasteiger partial charge in [-0.25, -0.2) is 8.78 Å². The Balaban J connectivity index is 2.42. The summed E-state index contributed by atoms with van der Waals surface area (Å²) in [5, 5.41) is 13.9. The molecule has 0 saturated carbocycles. The summed E-state index contributed by atoms with van der Waals surface area (Å²) < 4.78 is 26.2. The van der Waals surface area contributed by atoms with Crippen molar-refractivity contribution in [1.29, 1.82) is 0 Å². The van der Waals surface area contributed by atoms with Crippen molar-refractivity contribution < 1.29 is 13.7 Å². The first-order valence-corrected chi connectivity index (χ1v) is 5.43. The Labute approximate surface area is 96.8 Å². The van der Waals surface area contributed by atoms with Gasteiger partial charge in [0.15, 0.2) is 11.6 Å². The van der Waals surface area contributed by atoms with Gasteiger partial charge in [-0.1, -0.05) is 0 Å². The summed E-state index contributed by atoms with van der Waals surface area (Å²) in [6.07, 6.45) is 1.62. The van der Waals surface area contributed by atoms with Gasteiger partial charge in [0.05, 0.1) is 11.0 Å². The number of rotatable bonds is 2. The Morgan fingerprint density at radius 1 is 1.35 bits per heavy atom. The number of nitrogens with zero attached hydrogens (tertiary/aromatic N) is 1. The van der Waals surface area contributed by atoms with E-state index in [1.54, 1.807) is 0 Å². The fraction of sp³-hybridized carbons (Fsp3) is 0.455. The number of piperidine rings is 1. The maximum Gasteiger partial charge on any atom is 0.276 e. The predicted molar refractivity (Wildman–Crippen MR) is 57.9 cm³/mol. The second-order valence-corrected chi connectivity index (χ2v) is 4.13. The fourth-order valence-electron chi connectivity index (χ4n) is 2.15. The number of halogens is 2. The highest BCUT2D eigenvalue weighted by atomic mass is 19.2. The summed E-state index contributed by atoms with van der Waals surface area (Å²) >= 11 is 0. The van der Waals surface area contributed by atoms with E-state index in [-0.39, 0.29) is 17.2 Å². The highest BCUT2D eigenvalue weighted by Gasteiger charge is 2.26. The number of nitro benzene ring substituents is 1. The molecular formula is C11H12F2N2O2. The zero-order valence-corrected chi connectivity index (χ0v) is 9.08. The van der Waals surface area contributed by atoms with Gasteiger partial charge < -0.3 is 5.32 Å². The topological polar surface area (TPSA) is 55.2 Å². The normalized spacial score (nSPS) is 20.2. The SMILES string of the molecule is O=[N+]([O-])c1cc(F)c(F)cc1C1CCCNC1. The molecule has 1 fully saturated rings. The maximum absolute atomic E-state index is 13.2. The smallest absolute Gasteiger partial charge is 0.276 e. The van der Waals surface area contributed by atoms with E-state index in [4.69, 9.17) is 0 Å². The molecule has 6 heteroatoms. The molecule has 4 nitrogen and oxygen atoms in total. The first kappa shape index (κ1) is 11.9. The van der Waals surface area contributed by atoms with Crippen molar-refractivity contribution in [2.45, 2.75) is 18.8 Å². The Bertz CT molecular complexity index is 445. The third-order valence-electron chi connectivity index (χ3n) is 3.00. The molecule has 1 aromatic carbocycles. The van der Waals surface area contributed by atoms with E-state index in [0.717, 1.165) is 25.5 Å². The van der Waals surface area contributed by atoms with Gasteiger partial charge in [0.1, 0.15) is 0 Å². The number of nitrogens with one attached hydrogen (secondary N) is 1. The summed E-state index contributed by atoms with van der Waals surface area (Å²) in [5.74, 6) is -2.33. The van der Waals surface area contributed by atoms with Gasteiger partial charge in [-0.3, -0.25) is 10.1 Å². The Morgan fingerprint density at radius 2 is 2.06 bits per heavy atom. The average molecular weight is 242 g/mol. The molecule has 1 heterocycles. The van der Waals surface area contributed by atoms with Gasteiger partial charge in [0.2, 0.25) is 0 Å². The first-order chi connectivity index (χ1) is 8.09. The van der Waals surface area contributed by atoms with Crippen LogP contribution in [-0.4, -0.2) is 18.0 Å². The predicted octanol–water partition coefficient (Wildman–Crippen LogP) is 2.34. The average Bonchev–Trinajstić information content (AvgIpc) is 2.33. The Hall–Kier alpha value is -1.56. The molecule has 17 heavy (non-hydrogen) atoms. The number of hydrogen-bond donors (Lipinski definition) is 1. The second kappa shape index (κ2) is 4.75. The zero-order valence-electron chi connectivity index (χ0n) is 9.08. The first-order valence-electron chi connectivity index (χ1n) is 5.43. The molecule has 0 aliphatic carbocycles. The maximum atomic E-state index is 13.2. The minimum absolute atomic E-state index is 0.126. The monoisotopic (exact) mass is 242 g/mol. The van der Waals surface area contributed by atoms with E-state index >= 15 is 0 Å². The van der Waals surface area contributed by atoms with Crippen molar-refractivity contribution in [2.24, 2.45) is 0 Å². The molecule has 1 aliphatic heterocycles. The Kier molecular flexibility index (Phi) is 3.33. The van der Waals surface area contributed by atoms with Gasteiger partial charge in [-0.15, -0.1) is 0 Å². The van der Waals surface area contributed by atoms with Gasteiger partial charge in [0.25, 0.3) is 5.69 Å². The van der Waals surface area contributed by atoms with Crippen LogP contribution in [0.5, 0.6) is 0 Å². The molecule has 0 radical (unpaired) electrons.